The van der Waals surface area contributed by atoms with Crippen LogP contribution in [0.2, 0.25) is 0 Å². The van der Waals surface area contributed by atoms with Gasteiger partial charge in [0.1, 0.15) is 0 Å². The van der Waals surface area contributed by atoms with Gasteiger partial charge in [-0.25, -0.2) is 0 Å². The van der Waals surface area contributed by atoms with Gasteiger partial charge in [0, 0.05) is 24.2 Å². The Hall–Kier alpha value is -1.72. The Kier molecular flexibility index (Phi) is 4.61. The summed E-state index contributed by atoms with van der Waals surface area (Å²) in [7, 11) is 4.10. The summed E-state index contributed by atoms with van der Waals surface area (Å²) in [4.78, 5) is 24.1. The highest BCUT2D eigenvalue weighted by atomic mass is 32.1. The minimum absolute atomic E-state index is 0.188. The predicted octanol–water partition coefficient (Wildman–Crippen LogP) is 3.67. The van der Waals surface area contributed by atoms with Crippen LogP contribution in [0.25, 0.3) is 0 Å². The van der Waals surface area contributed by atoms with Crippen LogP contribution < -0.4 is 0 Å². The van der Waals surface area contributed by atoms with E-state index >= 15 is 0 Å². The summed E-state index contributed by atoms with van der Waals surface area (Å²) < 4.78 is 0. The summed E-state index contributed by atoms with van der Waals surface area (Å²) in [6.45, 7) is 1.68. The monoisotopic (exact) mass is 355 g/mol. The smallest absolute Gasteiger partial charge is 0.264 e. The van der Waals surface area contributed by atoms with Crippen molar-refractivity contribution in [2.24, 2.45) is 0 Å². The zero-order chi connectivity index (χ0) is 17.4. The van der Waals surface area contributed by atoms with Crippen LogP contribution >= 0.6 is 11.3 Å². The fraction of sp³-hybridized carbons (Fsp3) is 0.500. The third-order valence-electron chi connectivity index (χ3n) is 5.17. The summed E-state index contributed by atoms with van der Waals surface area (Å²) in [6, 6.07) is 6.58. The first-order valence-corrected chi connectivity index (χ1v) is 9.95. The highest BCUT2D eigenvalue weighted by Crippen LogP contribution is 2.36. The Morgan fingerprint density at radius 1 is 1.32 bits per heavy atom. The molecule has 0 saturated carbocycles. The normalized spacial score (nSPS) is 19.6. The van der Waals surface area contributed by atoms with Crippen molar-refractivity contribution >= 4 is 17.2 Å². The van der Waals surface area contributed by atoms with E-state index in [2.05, 4.69) is 47.1 Å². The van der Waals surface area contributed by atoms with Gasteiger partial charge in [-0.3, -0.25) is 9.78 Å². The largest absolute Gasteiger partial charge is 0.331 e. The molecule has 4 rings (SSSR count). The highest BCUT2D eigenvalue weighted by molar-refractivity contribution is 7.14. The minimum Gasteiger partial charge on any atom is -0.331 e. The van der Waals surface area contributed by atoms with Crippen molar-refractivity contribution < 1.29 is 4.79 Å². The second-order valence-corrected chi connectivity index (χ2v) is 8.52. The Morgan fingerprint density at radius 3 is 3.00 bits per heavy atom. The van der Waals surface area contributed by atoms with Crippen LogP contribution in [0.3, 0.4) is 0 Å². The average Bonchev–Trinajstić information content (AvgIpc) is 3.29. The van der Waals surface area contributed by atoms with E-state index in [1.807, 2.05) is 6.20 Å². The van der Waals surface area contributed by atoms with E-state index in [1.54, 1.807) is 11.3 Å². The fourth-order valence-corrected chi connectivity index (χ4v) is 5.26. The van der Waals surface area contributed by atoms with Crippen molar-refractivity contribution in [1.82, 2.24) is 14.8 Å². The van der Waals surface area contributed by atoms with Gasteiger partial charge in [0.05, 0.1) is 16.6 Å². The van der Waals surface area contributed by atoms with Gasteiger partial charge in [-0.15, -0.1) is 11.3 Å². The van der Waals surface area contributed by atoms with E-state index in [-0.39, 0.29) is 11.9 Å². The number of aryl methyl sites for hydroxylation is 2. The Balaban J connectivity index is 1.56. The van der Waals surface area contributed by atoms with Gasteiger partial charge in [0.2, 0.25) is 0 Å². The van der Waals surface area contributed by atoms with Gasteiger partial charge in [-0.1, -0.05) is 0 Å². The van der Waals surface area contributed by atoms with Crippen molar-refractivity contribution in [2.75, 3.05) is 20.6 Å². The van der Waals surface area contributed by atoms with Crippen LogP contribution in [0.15, 0.2) is 24.4 Å². The van der Waals surface area contributed by atoms with Gasteiger partial charge < -0.3 is 9.80 Å². The minimum atomic E-state index is 0.188. The summed E-state index contributed by atoms with van der Waals surface area (Å²) >= 11 is 1.72. The lowest BCUT2D eigenvalue weighted by molar-refractivity contribution is 0.0740. The standard InChI is InChI=1S/C20H25N3OS/c1-22(2)13-16-11-14(8-9-21-16)17-6-4-10-23(17)20(24)19-12-15-5-3-7-18(15)25-19/h8-9,11-12,17H,3-7,10,13H2,1-2H3/t17-/m1/s1. The molecule has 0 N–H and O–H groups in total. The van der Waals surface area contributed by atoms with Gasteiger partial charge in [0.15, 0.2) is 0 Å². The molecule has 1 aliphatic heterocycles. The molecule has 3 heterocycles. The van der Waals surface area contributed by atoms with Crippen LogP contribution in [-0.2, 0) is 19.4 Å². The molecule has 25 heavy (non-hydrogen) atoms. The van der Waals surface area contributed by atoms with E-state index in [1.165, 1.54) is 22.4 Å². The lowest BCUT2D eigenvalue weighted by Crippen LogP contribution is -2.30. The van der Waals surface area contributed by atoms with Crippen molar-refractivity contribution in [3.8, 4) is 0 Å². The van der Waals surface area contributed by atoms with Crippen LogP contribution in [0.5, 0.6) is 0 Å². The molecule has 1 aliphatic carbocycles. The van der Waals surface area contributed by atoms with Crippen LogP contribution in [0.4, 0.5) is 0 Å². The molecule has 1 fully saturated rings. The summed E-state index contributed by atoms with van der Waals surface area (Å²) in [5.41, 5.74) is 3.69. The number of fused-ring (bicyclic) bond motifs is 1. The van der Waals surface area contributed by atoms with E-state index in [4.69, 9.17) is 0 Å². The van der Waals surface area contributed by atoms with E-state index in [9.17, 15) is 4.79 Å². The molecule has 0 aromatic carbocycles. The predicted molar refractivity (Wildman–Crippen MR) is 101 cm³/mol. The summed E-state index contributed by atoms with van der Waals surface area (Å²) in [5, 5.41) is 0. The lowest BCUT2D eigenvalue weighted by Gasteiger charge is -2.25. The zero-order valence-electron chi connectivity index (χ0n) is 15.0. The maximum Gasteiger partial charge on any atom is 0.264 e. The third-order valence-corrected chi connectivity index (χ3v) is 6.40. The molecule has 132 valence electrons. The number of pyridine rings is 1. The number of thiophene rings is 1. The number of amides is 1. The summed E-state index contributed by atoms with van der Waals surface area (Å²) in [5.74, 6) is 0.216. The number of hydrogen-bond donors (Lipinski definition) is 0. The molecule has 0 unspecified atom stereocenters. The third kappa shape index (κ3) is 3.35. The average molecular weight is 356 g/mol. The van der Waals surface area contributed by atoms with Crippen LogP contribution in [-0.4, -0.2) is 41.3 Å². The number of rotatable bonds is 4. The first-order chi connectivity index (χ1) is 12.1. The molecule has 1 atom stereocenters. The van der Waals surface area contributed by atoms with Gasteiger partial charge >= 0.3 is 0 Å². The number of hydrogen-bond acceptors (Lipinski definition) is 4. The van der Waals surface area contributed by atoms with Crippen LogP contribution in [0.1, 0.15) is 56.7 Å². The molecule has 2 aliphatic rings. The maximum atomic E-state index is 13.1. The highest BCUT2D eigenvalue weighted by Gasteiger charge is 2.32. The lowest BCUT2D eigenvalue weighted by atomic mass is 10.0. The Labute approximate surface area is 153 Å². The van der Waals surface area contributed by atoms with Crippen molar-refractivity contribution in [2.45, 2.75) is 44.7 Å². The molecule has 0 radical (unpaired) electrons. The molecule has 2 aromatic heterocycles. The number of carbonyl (C=O) groups is 1. The molecule has 1 amide bonds. The molecule has 2 aromatic rings. The second-order valence-electron chi connectivity index (χ2n) is 7.39. The zero-order valence-corrected chi connectivity index (χ0v) is 15.8. The van der Waals surface area contributed by atoms with Crippen molar-refractivity contribution in [3.05, 3.63) is 51.0 Å². The topological polar surface area (TPSA) is 36.4 Å². The van der Waals surface area contributed by atoms with Gasteiger partial charge in [-0.05, 0) is 75.5 Å². The van der Waals surface area contributed by atoms with Crippen molar-refractivity contribution in [1.29, 1.82) is 0 Å². The second kappa shape index (κ2) is 6.89. The SMILES string of the molecule is CN(C)Cc1cc([C@H]2CCCN2C(=O)c2cc3c(s2)CCC3)ccn1. The number of nitrogens with zero attached hydrogens (tertiary/aromatic N) is 3. The van der Waals surface area contributed by atoms with Gasteiger partial charge in [0.25, 0.3) is 5.91 Å². The molecule has 5 heteroatoms. The number of carbonyl (C=O) groups excluding carboxylic acids is 1. The maximum absolute atomic E-state index is 13.1. The molecule has 0 bridgehead atoms. The van der Waals surface area contributed by atoms with Crippen LogP contribution in [0, 0.1) is 0 Å². The van der Waals surface area contributed by atoms with E-state index in [0.717, 1.165) is 49.3 Å². The molecule has 1 saturated heterocycles. The van der Waals surface area contributed by atoms with Gasteiger partial charge in [-0.2, -0.15) is 0 Å². The van der Waals surface area contributed by atoms with Crippen molar-refractivity contribution in [3.63, 3.8) is 0 Å². The molecule has 0 spiro atoms. The fourth-order valence-electron chi connectivity index (χ4n) is 4.05. The quantitative estimate of drug-likeness (QED) is 0.840. The number of likely N-dealkylation sites (tertiary alicyclic amines) is 1. The molecular formula is C20H25N3OS. The van der Waals surface area contributed by atoms with E-state index < -0.39 is 0 Å². The Morgan fingerprint density at radius 2 is 2.20 bits per heavy atom. The van der Waals surface area contributed by atoms with E-state index in [0.29, 0.717) is 0 Å². The number of aromatic nitrogens is 1. The Bertz CT molecular complexity index is 761. The first-order valence-electron chi connectivity index (χ1n) is 9.14. The summed E-state index contributed by atoms with van der Waals surface area (Å²) in [6.07, 6.45) is 7.54. The molecule has 4 nitrogen and oxygen atoms in total. The first kappa shape index (κ1) is 16.7. The molecular weight excluding hydrogens is 330 g/mol.